The Morgan fingerprint density at radius 3 is 2.29 bits per heavy atom. The number of carbonyl (C=O) groups excluding carboxylic acids is 1. The maximum atomic E-state index is 13.5. The maximum Gasteiger partial charge on any atom is 0.513 e. The minimum atomic E-state index is -4.62. The Kier molecular flexibility index (Phi) is 6.94. The van der Waals surface area contributed by atoms with Crippen molar-refractivity contribution in [1.82, 2.24) is 0 Å². The van der Waals surface area contributed by atoms with Crippen molar-refractivity contribution < 1.29 is 32.2 Å². The number of rotatable bonds is 6. The normalized spacial score (nSPS) is 11.2. The van der Waals surface area contributed by atoms with E-state index in [1.165, 1.54) is 12.1 Å². The Labute approximate surface area is 162 Å². The summed E-state index contributed by atoms with van der Waals surface area (Å²) in [6.45, 7) is 5.52. The zero-order valence-corrected chi connectivity index (χ0v) is 16.3. The van der Waals surface area contributed by atoms with Crippen molar-refractivity contribution in [3.8, 4) is 11.5 Å². The second-order valence-corrected chi connectivity index (χ2v) is 6.22. The largest absolute Gasteiger partial charge is 0.513 e. The molecule has 0 spiro atoms. The summed E-state index contributed by atoms with van der Waals surface area (Å²) < 4.78 is 55.4. The minimum absolute atomic E-state index is 0.248. The number of hydrogen-bond donors (Lipinski definition) is 0. The van der Waals surface area contributed by atoms with E-state index in [4.69, 9.17) is 9.47 Å². The number of carbonyl (C=O) groups is 1. The molecule has 0 aromatic heterocycles. The molecule has 0 aliphatic heterocycles. The molecule has 0 saturated carbocycles. The van der Waals surface area contributed by atoms with E-state index in [0.29, 0.717) is 12.2 Å². The van der Waals surface area contributed by atoms with Gasteiger partial charge in [0.25, 0.3) is 0 Å². The van der Waals surface area contributed by atoms with Crippen LogP contribution in [-0.4, -0.2) is 13.3 Å². The lowest BCUT2D eigenvalue weighted by Crippen LogP contribution is -2.15. The first kappa shape index (κ1) is 21.6. The van der Waals surface area contributed by atoms with Crippen LogP contribution in [0.25, 0.3) is 0 Å². The van der Waals surface area contributed by atoms with Gasteiger partial charge in [0.1, 0.15) is 18.1 Å². The lowest BCUT2D eigenvalue weighted by Gasteiger charge is -2.19. The van der Waals surface area contributed by atoms with Gasteiger partial charge in [0.05, 0.1) is 12.7 Å². The lowest BCUT2D eigenvalue weighted by atomic mass is 10.0. The average Bonchev–Trinajstić information content (AvgIpc) is 2.65. The highest BCUT2D eigenvalue weighted by atomic mass is 19.4. The van der Waals surface area contributed by atoms with Crippen LogP contribution in [0.5, 0.6) is 11.5 Å². The summed E-state index contributed by atoms with van der Waals surface area (Å²) >= 11 is 0. The molecule has 0 saturated heterocycles. The number of methoxy groups -OCH3 is 1. The number of hydrogen-bond acceptors (Lipinski definition) is 4. The van der Waals surface area contributed by atoms with Gasteiger partial charge in [-0.2, -0.15) is 13.2 Å². The molecule has 0 amide bonds. The van der Waals surface area contributed by atoms with Crippen molar-refractivity contribution in [2.75, 3.05) is 7.11 Å². The van der Waals surface area contributed by atoms with Crippen molar-refractivity contribution >= 4 is 6.16 Å². The molecular weight excluding hydrogens is 373 g/mol. The molecule has 0 atom stereocenters. The molecule has 0 fully saturated rings. The summed E-state index contributed by atoms with van der Waals surface area (Å²) in [5, 5.41) is 0. The molecule has 4 nitrogen and oxygen atoms in total. The molecule has 0 unspecified atom stereocenters. The van der Waals surface area contributed by atoms with E-state index in [0.717, 1.165) is 36.3 Å². The lowest BCUT2D eigenvalue weighted by molar-refractivity contribution is -0.138. The highest BCUT2D eigenvalue weighted by Gasteiger charge is 2.35. The molecule has 2 aromatic carbocycles. The third kappa shape index (κ3) is 4.97. The van der Waals surface area contributed by atoms with Gasteiger partial charge >= 0.3 is 12.3 Å². The molecule has 28 heavy (non-hydrogen) atoms. The van der Waals surface area contributed by atoms with Crippen LogP contribution in [0.15, 0.2) is 30.3 Å². The smallest absolute Gasteiger partial charge is 0.488 e. The number of ether oxygens (including phenoxy) is 3. The van der Waals surface area contributed by atoms with E-state index in [9.17, 15) is 18.0 Å². The van der Waals surface area contributed by atoms with Crippen LogP contribution < -0.4 is 9.47 Å². The predicted molar refractivity (Wildman–Crippen MR) is 98.7 cm³/mol. The van der Waals surface area contributed by atoms with Gasteiger partial charge in [-0.15, -0.1) is 0 Å². The molecule has 0 bridgehead atoms. The Morgan fingerprint density at radius 1 is 1.04 bits per heavy atom. The van der Waals surface area contributed by atoms with Gasteiger partial charge in [-0.3, -0.25) is 0 Å². The average molecular weight is 396 g/mol. The van der Waals surface area contributed by atoms with E-state index < -0.39 is 24.5 Å². The SMILES string of the molecule is CCc1cc(CC)c(OCc2c(OC(=O)OC)cccc2C(F)(F)F)cc1C. The summed E-state index contributed by atoms with van der Waals surface area (Å²) in [5.41, 5.74) is 1.88. The molecule has 0 aliphatic rings. The zero-order valence-electron chi connectivity index (χ0n) is 16.3. The molecule has 2 rings (SSSR count). The van der Waals surface area contributed by atoms with Crippen LogP contribution in [-0.2, 0) is 30.4 Å². The van der Waals surface area contributed by atoms with E-state index in [1.807, 2.05) is 32.9 Å². The second kappa shape index (κ2) is 8.99. The number of alkyl halides is 3. The Morgan fingerprint density at radius 2 is 1.71 bits per heavy atom. The van der Waals surface area contributed by atoms with E-state index in [-0.39, 0.29) is 11.3 Å². The minimum Gasteiger partial charge on any atom is -0.488 e. The number of aryl methyl sites for hydroxylation is 3. The van der Waals surface area contributed by atoms with Gasteiger partial charge in [-0.05, 0) is 54.7 Å². The van der Waals surface area contributed by atoms with Crippen LogP contribution in [0.4, 0.5) is 18.0 Å². The first-order valence-corrected chi connectivity index (χ1v) is 8.91. The Bertz CT molecular complexity index is 844. The second-order valence-electron chi connectivity index (χ2n) is 6.22. The van der Waals surface area contributed by atoms with Gasteiger partial charge in [0.15, 0.2) is 0 Å². The Balaban J connectivity index is 2.42. The topological polar surface area (TPSA) is 44.8 Å². The quantitative estimate of drug-likeness (QED) is 0.453. The third-order valence-corrected chi connectivity index (χ3v) is 4.45. The fraction of sp³-hybridized carbons (Fsp3) is 0.381. The standard InChI is InChI=1S/C21H23F3O4/c1-5-14-11-15(6-2)19(10-13(14)3)27-12-16-17(21(22,23)24)8-7-9-18(16)28-20(25)26-4/h7-11H,5-6,12H2,1-4H3. The summed E-state index contributed by atoms with van der Waals surface area (Å²) in [6, 6.07) is 7.20. The van der Waals surface area contributed by atoms with Crippen molar-refractivity contribution in [3.63, 3.8) is 0 Å². The van der Waals surface area contributed by atoms with Gasteiger partial charge in [0, 0.05) is 5.56 Å². The van der Waals surface area contributed by atoms with Crippen LogP contribution in [0, 0.1) is 6.92 Å². The summed E-state index contributed by atoms with van der Waals surface area (Å²) in [6.07, 6.45) is -4.19. The van der Waals surface area contributed by atoms with Crippen LogP contribution in [0.2, 0.25) is 0 Å². The molecule has 7 heteroatoms. The van der Waals surface area contributed by atoms with E-state index in [2.05, 4.69) is 4.74 Å². The summed E-state index contributed by atoms with van der Waals surface area (Å²) in [7, 11) is 1.08. The van der Waals surface area contributed by atoms with Crippen molar-refractivity contribution in [3.05, 3.63) is 58.1 Å². The summed E-state index contributed by atoms with van der Waals surface area (Å²) in [5.74, 6) is 0.264. The molecule has 152 valence electrons. The van der Waals surface area contributed by atoms with Crippen molar-refractivity contribution in [2.24, 2.45) is 0 Å². The molecule has 0 radical (unpaired) electrons. The van der Waals surface area contributed by atoms with Gasteiger partial charge in [0.2, 0.25) is 0 Å². The maximum absolute atomic E-state index is 13.5. The molecular formula is C21H23F3O4. The fourth-order valence-electron chi connectivity index (χ4n) is 2.93. The zero-order chi connectivity index (χ0) is 20.9. The molecule has 0 heterocycles. The highest BCUT2D eigenvalue weighted by Crippen LogP contribution is 2.37. The molecule has 0 aliphatic carbocycles. The monoisotopic (exact) mass is 396 g/mol. The fourth-order valence-corrected chi connectivity index (χ4v) is 2.93. The number of benzene rings is 2. The molecule has 0 N–H and O–H groups in total. The van der Waals surface area contributed by atoms with Crippen molar-refractivity contribution in [2.45, 2.75) is 46.4 Å². The van der Waals surface area contributed by atoms with Crippen LogP contribution in [0.3, 0.4) is 0 Å². The van der Waals surface area contributed by atoms with Gasteiger partial charge in [-0.25, -0.2) is 4.79 Å². The highest BCUT2D eigenvalue weighted by molar-refractivity contribution is 5.64. The summed E-state index contributed by atoms with van der Waals surface area (Å²) in [4.78, 5) is 11.4. The number of halogens is 3. The first-order valence-electron chi connectivity index (χ1n) is 8.91. The predicted octanol–water partition coefficient (Wildman–Crippen LogP) is 5.86. The Hall–Kier alpha value is -2.70. The van der Waals surface area contributed by atoms with Crippen LogP contribution >= 0.6 is 0 Å². The van der Waals surface area contributed by atoms with Gasteiger partial charge in [-0.1, -0.05) is 26.0 Å². The third-order valence-electron chi connectivity index (χ3n) is 4.45. The van der Waals surface area contributed by atoms with Gasteiger partial charge < -0.3 is 14.2 Å². The van der Waals surface area contributed by atoms with Crippen molar-refractivity contribution in [1.29, 1.82) is 0 Å². The van der Waals surface area contributed by atoms with E-state index >= 15 is 0 Å². The van der Waals surface area contributed by atoms with E-state index in [1.54, 1.807) is 0 Å². The van der Waals surface area contributed by atoms with Crippen LogP contribution in [0.1, 0.15) is 41.7 Å². The first-order chi connectivity index (χ1) is 13.2. The molecule has 2 aromatic rings.